The molecular weight excluding hydrogens is 284 g/mol. The van der Waals surface area contributed by atoms with Crippen LogP contribution in [0.1, 0.15) is 30.3 Å². The van der Waals surface area contributed by atoms with Crippen LogP contribution in [0.5, 0.6) is 5.75 Å². The van der Waals surface area contributed by atoms with Crippen LogP contribution in [0.2, 0.25) is 5.02 Å². The molecule has 112 valence electrons. The average Bonchev–Trinajstić information content (AvgIpc) is 2.47. The van der Waals surface area contributed by atoms with Gasteiger partial charge in [0.15, 0.2) is 0 Å². The molecule has 4 heteroatoms. The number of pyridine rings is 1. The van der Waals surface area contributed by atoms with Gasteiger partial charge < -0.3 is 10.1 Å². The van der Waals surface area contributed by atoms with Gasteiger partial charge >= 0.3 is 0 Å². The summed E-state index contributed by atoms with van der Waals surface area (Å²) in [6, 6.07) is 11.7. The van der Waals surface area contributed by atoms with Gasteiger partial charge in [0.05, 0.1) is 10.7 Å². The van der Waals surface area contributed by atoms with Crippen molar-refractivity contribution in [3.8, 4) is 5.75 Å². The van der Waals surface area contributed by atoms with Crippen LogP contribution in [-0.4, -0.2) is 11.5 Å². The molecule has 2 rings (SSSR count). The Morgan fingerprint density at radius 3 is 2.76 bits per heavy atom. The van der Waals surface area contributed by atoms with Crippen molar-refractivity contribution in [3.63, 3.8) is 0 Å². The van der Waals surface area contributed by atoms with Gasteiger partial charge in [-0.3, -0.25) is 4.98 Å². The number of ether oxygens (including phenoxy) is 1. The van der Waals surface area contributed by atoms with Gasteiger partial charge in [0.25, 0.3) is 0 Å². The zero-order valence-corrected chi connectivity index (χ0v) is 13.3. The van der Waals surface area contributed by atoms with E-state index in [1.54, 1.807) is 0 Å². The van der Waals surface area contributed by atoms with Crippen molar-refractivity contribution in [2.24, 2.45) is 0 Å². The van der Waals surface area contributed by atoms with Gasteiger partial charge in [0.2, 0.25) is 0 Å². The summed E-state index contributed by atoms with van der Waals surface area (Å²) in [4.78, 5) is 4.44. The summed E-state index contributed by atoms with van der Waals surface area (Å²) in [7, 11) is 0. The molecule has 0 radical (unpaired) electrons. The fraction of sp³-hybridized carbons (Fsp3) is 0.353. The summed E-state index contributed by atoms with van der Waals surface area (Å²) >= 11 is 6.27. The summed E-state index contributed by atoms with van der Waals surface area (Å²) in [5, 5.41) is 4.01. The predicted octanol–water partition coefficient (Wildman–Crippen LogP) is 4.12. The van der Waals surface area contributed by atoms with Crippen molar-refractivity contribution < 1.29 is 4.74 Å². The monoisotopic (exact) mass is 304 g/mol. The number of para-hydroxylation sites is 1. The van der Waals surface area contributed by atoms with E-state index in [0.29, 0.717) is 11.6 Å². The molecule has 0 bridgehead atoms. The zero-order chi connectivity index (χ0) is 15.1. The smallest absolute Gasteiger partial charge is 0.142 e. The van der Waals surface area contributed by atoms with E-state index in [0.717, 1.165) is 42.2 Å². The fourth-order valence-corrected chi connectivity index (χ4v) is 2.33. The first-order valence-corrected chi connectivity index (χ1v) is 7.62. The summed E-state index contributed by atoms with van der Waals surface area (Å²) < 4.78 is 5.91. The number of rotatable bonds is 7. The summed E-state index contributed by atoms with van der Waals surface area (Å²) in [5.41, 5.74) is 2.96. The van der Waals surface area contributed by atoms with Crippen molar-refractivity contribution in [2.45, 2.75) is 33.4 Å². The first-order valence-electron chi connectivity index (χ1n) is 7.24. The highest BCUT2D eigenvalue weighted by molar-refractivity contribution is 6.32. The van der Waals surface area contributed by atoms with E-state index in [2.05, 4.69) is 17.2 Å². The highest BCUT2D eigenvalue weighted by Gasteiger charge is 2.09. The lowest BCUT2D eigenvalue weighted by atomic mass is 10.2. The van der Waals surface area contributed by atoms with Crippen molar-refractivity contribution >= 4 is 11.6 Å². The lowest BCUT2D eigenvalue weighted by Crippen LogP contribution is -2.15. The van der Waals surface area contributed by atoms with Gasteiger partial charge in [-0.1, -0.05) is 36.7 Å². The molecule has 0 saturated carbocycles. The van der Waals surface area contributed by atoms with Gasteiger partial charge in [-0.25, -0.2) is 0 Å². The number of hydrogen-bond acceptors (Lipinski definition) is 3. The Balaban J connectivity index is 2.07. The largest absolute Gasteiger partial charge is 0.485 e. The molecule has 3 nitrogen and oxygen atoms in total. The van der Waals surface area contributed by atoms with Gasteiger partial charge in [-0.05, 0) is 38.1 Å². The van der Waals surface area contributed by atoms with Crippen molar-refractivity contribution in [1.29, 1.82) is 0 Å². The standard InChI is InChI=1S/C17H21ClN2O/c1-3-10-19-11-14-7-5-9-16(18)17(14)21-12-15-8-4-6-13(2)20-15/h4-9,19H,3,10-12H2,1-2H3. The Labute approximate surface area is 131 Å². The molecule has 0 aliphatic heterocycles. The van der Waals surface area contributed by atoms with Crippen LogP contribution in [0.25, 0.3) is 0 Å². The van der Waals surface area contributed by atoms with Crippen LogP contribution < -0.4 is 10.1 Å². The Morgan fingerprint density at radius 1 is 1.19 bits per heavy atom. The van der Waals surface area contributed by atoms with E-state index >= 15 is 0 Å². The Morgan fingerprint density at radius 2 is 2.00 bits per heavy atom. The number of nitrogens with zero attached hydrogens (tertiary/aromatic N) is 1. The minimum Gasteiger partial charge on any atom is -0.485 e. The van der Waals surface area contributed by atoms with Gasteiger partial charge in [0, 0.05) is 17.8 Å². The second kappa shape index (κ2) is 8.01. The van der Waals surface area contributed by atoms with E-state index in [1.165, 1.54) is 0 Å². The second-order valence-electron chi connectivity index (χ2n) is 4.96. The number of hydrogen-bond donors (Lipinski definition) is 1. The Hall–Kier alpha value is -1.58. The van der Waals surface area contributed by atoms with Crippen LogP contribution in [0, 0.1) is 6.92 Å². The number of nitrogens with one attached hydrogen (secondary N) is 1. The molecule has 1 heterocycles. The van der Waals surface area contributed by atoms with E-state index in [9.17, 15) is 0 Å². The van der Waals surface area contributed by atoms with Crippen LogP contribution in [0.3, 0.4) is 0 Å². The molecule has 0 aliphatic carbocycles. The maximum absolute atomic E-state index is 6.27. The molecule has 1 aromatic heterocycles. The Kier molecular flexibility index (Phi) is 6.03. The Bertz CT molecular complexity index is 587. The first kappa shape index (κ1) is 15.8. The summed E-state index contributed by atoms with van der Waals surface area (Å²) in [5.74, 6) is 0.742. The molecule has 2 aromatic rings. The third-order valence-corrected chi connectivity index (χ3v) is 3.40. The highest BCUT2D eigenvalue weighted by atomic mass is 35.5. The van der Waals surface area contributed by atoms with Crippen LogP contribution >= 0.6 is 11.6 Å². The SMILES string of the molecule is CCCNCc1cccc(Cl)c1OCc1cccc(C)n1. The van der Waals surface area contributed by atoms with E-state index < -0.39 is 0 Å². The minimum atomic E-state index is 0.423. The van der Waals surface area contributed by atoms with Gasteiger partial charge in [-0.2, -0.15) is 0 Å². The second-order valence-corrected chi connectivity index (χ2v) is 5.37. The van der Waals surface area contributed by atoms with Crippen molar-refractivity contribution in [1.82, 2.24) is 10.3 Å². The van der Waals surface area contributed by atoms with Crippen LogP contribution in [0.4, 0.5) is 0 Å². The molecule has 0 atom stereocenters. The maximum atomic E-state index is 6.27. The van der Waals surface area contributed by atoms with Gasteiger partial charge in [0.1, 0.15) is 12.4 Å². The third kappa shape index (κ3) is 4.73. The molecule has 0 amide bonds. The molecule has 0 unspecified atom stereocenters. The topological polar surface area (TPSA) is 34.1 Å². The van der Waals surface area contributed by atoms with Crippen LogP contribution in [-0.2, 0) is 13.2 Å². The minimum absolute atomic E-state index is 0.423. The first-order chi connectivity index (χ1) is 10.2. The highest BCUT2D eigenvalue weighted by Crippen LogP contribution is 2.29. The maximum Gasteiger partial charge on any atom is 0.142 e. The molecule has 1 N–H and O–H groups in total. The van der Waals surface area contributed by atoms with E-state index in [1.807, 2.05) is 43.3 Å². The molecule has 0 spiro atoms. The lowest BCUT2D eigenvalue weighted by Gasteiger charge is -2.13. The average molecular weight is 305 g/mol. The molecule has 0 fully saturated rings. The molecule has 0 aliphatic rings. The van der Waals surface area contributed by atoms with E-state index in [4.69, 9.17) is 16.3 Å². The quantitative estimate of drug-likeness (QED) is 0.781. The number of benzene rings is 1. The van der Waals surface area contributed by atoms with E-state index in [-0.39, 0.29) is 0 Å². The number of halogens is 1. The molecule has 1 aromatic carbocycles. The molecule has 21 heavy (non-hydrogen) atoms. The normalized spacial score (nSPS) is 10.6. The summed E-state index contributed by atoms with van der Waals surface area (Å²) in [6.07, 6.45) is 1.10. The zero-order valence-electron chi connectivity index (χ0n) is 12.5. The fourth-order valence-electron chi connectivity index (χ4n) is 2.08. The molecule has 0 saturated heterocycles. The van der Waals surface area contributed by atoms with Crippen LogP contribution in [0.15, 0.2) is 36.4 Å². The molecular formula is C17H21ClN2O. The third-order valence-electron chi connectivity index (χ3n) is 3.10. The van der Waals surface area contributed by atoms with Crippen molar-refractivity contribution in [2.75, 3.05) is 6.54 Å². The number of aromatic nitrogens is 1. The lowest BCUT2D eigenvalue weighted by molar-refractivity contribution is 0.297. The predicted molar refractivity (Wildman–Crippen MR) is 86.8 cm³/mol. The van der Waals surface area contributed by atoms with Gasteiger partial charge in [-0.15, -0.1) is 0 Å². The van der Waals surface area contributed by atoms with Crippen molar-refractivity contribution in [3.05, 3.63) is 58.4 Å². The number of aryl methyl sites for hydroxylation is 1. The summed E-state index contributed by atoms with van der Waals surface area (Å²) in [6.45, 7) is 6.27.